The van der Waals surface area contributed by atoms with Crippen LogP contribution in [-0.4, -0.2) is 40.1 Å². The molecule has 1 aromatic heterocycles. The van der Waals surface area contributed by atoms with E-state index in [9.17, 15) is 14.7 Å². The highest BCUT2D eigenvalue weighted by Gasteiger charge is 2.48. The van der Waals surface area contributed by atoms with Crippen LogP contribution >= 0.6 is 0 Å². The third kappa shape index (κ3) is 3.46. The van der Waals surface area contributed by atoms with E-state index in [2.05, 4.69) is 22.2 Å². The first-order valence-electron chi connectivity index (χ1n) is 10.1. The lowest BCUT2D eigenvalue weighted by Crippen LogP contribution is -2.51. The van der Waals surface area contributed by atoms with Gasteiger partial charge in [-0.15, -0.1) is 0 Å². The van der Waals surface area contributed by atoms with Crippen molar-refractivity contribution in [1.29, 1.82) is 0 Å². The topological polar surface area (TPSA) is 105 Å². The molecule has 2 heterocycles. The summed E-state index contributed by atoms with van der Waals surface area (Å²) in [6.07, 6.45) is 3.84. The molecule has 1 amide bonds. The number of carboxylic acids is 1. The quantitative estimate of drug-likeness (QED) is 0.778. The first-order chi connectivity index (χ1) is 14.3. The van der Waals surface area contributed by atoms with Gasteiger partial charge in [-0.1, -0.05) is 6.92 Å². The molecule has 0 saturated heterocycles. The first kappa shape index (κ1) is 20.1. The van der Waals surface area contributed by atoms with E-state index in [4.69, 9.17) is 4.74 Å². The zero-order valence-electron chi connectivity index (χ0n) is 17.5. The van der Waals surface area contributed by atoms with Crippen molar-refractivity contribution in [2.24, 2.45) is 11.8 Å². The number of rotatable bonds is 5. The van der Waals surface area contributed by atoms with E-state index in [1.807, 2.05) is 17.9 Å². The molecule has 8 nitrogen and oxygen atoms in total. The van der Waals surface area contributed by atoms with Crippen LogP contribution in [-0.2, 0) is 4.79 Å². The van der Waals surface area contributed by atoms with E-state index in [-0.39, 0.29) is 35.2 Å². The van der Waals surface area contributed by atoms with Crippen molar-refractivity contribution in [2.45, 2.75) is 45.7 Å². The van der Waals surface area contributed by atoms with E-state index < -0.39 is 5.97 Å². The number of amides is 1. The Morgan fingerprint density at radius 2 is 2.03 bits per heavy atom. The van der Waals surface area contributed by atoms with Crippen LogP contribution < -0.4 is 15.0 Å². The number of anilines is 2. The van der Waals surface area contributed by atoms with Crippen molar-refractivity contribution in [3.05, 3.63) is 41.2 Å². The Kier molecular flexibility index (Phi) is 5.09. The van der Waals surface area contributed by atoms with Gasteiger partial charge < -0.3 is 20.1 Å². The number of ether oxygens (including phenoxy) is 1. The number of methoxy groups -OCH3 is 1. The third-order valence-electron chi connectivity index (χ3n) is 6.06. The minimum absolute atomic E-state index is 0.0118. The van der Waals surface area contributed by atoms with Crippen LogP contribution in [0.3, 0.4) is 0 Å². The van der Waals surface area contributed by atoms with Crippen molar-refractivity contribution in [2.75, 3.05) is 17.3 Å². The van der Waals surface area contributed by atoms with E-state index in [0.29, 0.717) is 17.6 Å². The summed E-state index contributed by atoms with van der Waals surface area (Å²) < 4.78 is 5.34. The number of nitrogens with zero attached hydrogens (tertiary/aromatic N) is 3. The second kappa shape index (κ2) is 7.59. The Labute approximate surface area is 175 Å². The molecular formula is C22H26N4O4. The van der Waals surface area contributed by atoms with Crippen molar-refractivity contribution < 1.29 is 19.4 Å². The van der Waals surface area contributed by atoms with Gasteiger partial charge in [-0.2, -0.15) is 0 Å². The largest absolute Gasteiger partial charge is 0.496 e. The molecule has 0 spiro atoms. The molecule has 1 aliphatic heterocycles. The average molecular weight is 410 g/mol. The summed E-state index contributed by atoms with van der Waals surface area (Å²) in [6, 6.07) is 4.87. The Bertz CT molecular complexity index is 1000. The maximum absolute atomic E-state index is 12.7. The summed E-state index contributed by atoms with van der Waals surface area (Å²) in [5, 5.41) is 13.1. The molecule has 0 bridgehead atoms. The number of hydrogen-bond donors (Lipinski definition) is 2. The summed E-state index contributed by atoms with van der Waals surface area (Å²) >= 11 is 0. The monoisotopic (exact) mass is 410 g/mol. The summed E-state index contributed by atoms with van der Waals surface area (Å²) in [4.78, 5) is 35.2. The molecule has 1 fully saturated rings. The lowest BCUT2D eigenvalue weighted by molar-refractivity contribution is -0.117. The van der Waals surface area contributed by atoms with Crippen LogP contribution in [0.15, 0.2) is 24.4 Å². The number of carboxylic acid groups (broad SMARTS) is 1. The molecule has 0 radical (unpaired) electrons. The molecule has 1 unspecified atom stereocenters. The molecule has 2 N–H and O–H groups in total. The summed E-state index contributed by atoms with van der Waals surface area (Å²) in [7, 11) is 1.44. The highest BCUT2D eigenvalue weighted by atomic mass is 16.5. The zero-order valence-corrected chi connectivity index (χ0v) is 17.5. The highest BCUT2D eigenvalue weighted by molar-refractivity contribution is 5.97. The van der Waals surface area contributed by atoms with Crippen LogP contribution in [0.4, 0.5) is 11.6 Å². The van der Waals surface area contributed by atoms with Gasteiger partial charge in [0.25, 0.3) is 0 Å². The maximum Gasteiger partial charge on any atom is 0.339 e. The second-order valence-electron chi connectivity index (χ2n) is 8.14. The normalized spacial score (nSPS) is 22.9. The van der Waals surface area contributed by atoms with E-state index in [0.717, 1.165) is 24.1 Å². The highest BCUT2D eigenvalue weighted by Crippen LogP contribution is 2.51. The van der Waals surface area contributed by atoms with Gasteiger partial charge in [-0.05, 0) is 43.4 Å². The van der Waals surface area contributed by atoms with Gasteiger partial charge in [0.15, 0.2) is 0 Å². The number of nitrogens with one attached hydrogen (secondary N) is 1. The number of hydrogen-bond acceptors (Lipinski definition) is 6. The van der Waals surface area contributed by atoms with E-state index in [1.165, 1.54) is 7.11 Å². The van der Waals surface area contributed by atoms with Gasteiger partial charge in [0.05, 0.1) is 18.8 Å². The first-order valence-corrected chi connectivity index (χ1v) is 10.1. The van der Waals surface area contributed by atoms with Crippen LogP contribution in [0.1, 0.15) is 54.3 Å². The van der Waals surface area contributed by atoms with Crippen molar-refractivity contribution in [3.63, 3.8) is 0 Å². The number of carbonyl (C=O) groups excluding carboxylic acids is 1. The molecule has 1 saturated carbocycles. The molecule has 158 valence electrons. The Morgan fingerprint density at radius 3 is 2.60 bits per heavy atom. The van der Waals surface area contributed by atoms with Crippen molar-refractivity contribution in [3.8, 4) is 5.75 Å². The maximum atomic E-state index is 12.7. The second-order valence-corrected chi connectivity index (χ2v) is 8.14. The summed E-state index contributed by atoms with van der Waals surface area (Å²) in [5.74, 6) is 0.0402. The fourth-order valence-corrected chi connectivity index (χ4v) is 4.58. The lowest BCUT2D eigenvalue weighted by atomic mass is 9.79. The van der Waals surface area contributed by atoms with Gasteiger partial charge in [0.1, 0.15) is 11.3 Å². The van der Waals surface area contributed by atoms with E-state index >= 15 is 0 Å². The van der Waals surface area contributed by atoms with Crippen molar-refractivity contribution in [1.82, 2.24) is 9.97 Å². The minimum atomic E-state index is -1.08. The van der Waals surface area contributed by atoms with E-state index in [1.54, 1.807) is 25.3 Å². The molecule has 30 heavy (non-hydrogen) atoms. The van der Waals surface area contributed by atoms with Crippen molar-refractivity contribution >= 4 is 23.5 Å². The molecule has 1 aromatic carbocycles. The molecular weight excluding hydrogens is 384 g/mol. The number of aromatic carboxylic acids is 1. The summed E-state index contributed by atoms with van der Waals surface area (Å²) in [5.41, 5.74) is 2.32. The number of aryl methyl sites for hydroxylation is 1. The lowest BCUT2D eigenvalue weighted by Gasteiger charge is -2.45. The fraction of sp³-hybridized carbons (Fsp3) is 0.455. The minimum Gasteiger partial charge on any atom is -0.496 e. The SMILES string of the molecule is COc1cc2c(cc1C(=O)O)C(Nc1nccc(C)n1)[C@@H](C)[C@H](C1CC1)N2C(C)=O. The Hall–Kier alpha value is -3.16. The van der Waals surface area contributed by atoms with Gasteiger partial charge >= 0.3 is 5.97 Å². The zero-order chi connectivity index (χ0) is 21.6. The van der Waals surface area contributed by atoms with Crippen LogP contribution in [0, 0.1) is 18.8 Å². The van der Waals surface area contributed by atoms with Gasteiger partial charge in [0.2, 0.25) is 11.9 Å². The predicted octanol–water partition coefficient (Wildman–Crippen LogP) is 3.43. The number of aromatic nitrogens is 2. The van der Waals surface area contributed by atoms with Gasteiger partial charge in [-0.3, -0.25) is 4.79 Å². The van der Waals surface area contributed by atoms with Crippen LogP contribution in [0.25, 0.3) is 0 Å². The molecule has 3 atom stereocenters. The van der Waals surface area contributed by atoms with Crippen LogP contribution in [0.5, 0.6) is 5.75 Å². The standard InChI is InChI=1S/C22H26N4O4/c1-11-7-8-23-22(24-11)25-19-12(2)20(14-5-6-14)26(13(3)27)17-10-18(30-4)16(21(28)29)9-15(17)19/h7-10,12,14,19-20H,5-6H2,1-4H3,(H,28,29)(H,23,24,25)/t12-,19?,20-/m1/s1. The predicted molar refractivity (Wildman–Crippen MR) is 112 cm³/mol. The fourth-order valence-electron chi connectivity index (χ4n) is 4.58. The molecule has 1 aliphatic carbocycles. The summed E-state index contributed by atoms with van der Waals surface area (Å²) in [6.45, 7) is 5.55. The average Bonchev–Trinajstić information content (AvgIpc) is 3.53. The van der Waals surface area contributed by atoms with Gasteiger partial charge in [0, 0.05) is 36.8 Å². The number of fused-ring (bicyclic) bond motifs is 1. The van der Waals surface area contributed by atoms with Gasteiger partial charge in [-0.25, -0.2) is 14.8 Å². The van der Waals surface area contributed by atoms with Crippen LogP contribution in [0.2, 0.25) is 0 Å². The smallest absolute Gasteiger partial charge is 0.339 e. The molecule has 8 heteroatoms. The molecule has 2 aromatic rings. The number of carbonyl (C=O) groups is 2. The Balaban J connectivity index is 1.89. The molecule has 4 rings (SSSR count). The Morgan fingerprint density at radius 1 is 1.30 bits per heavy atom. The number of benzene rings is 1. The third-order valence-corrected chi connectivity index (χ3v) is 6.06. The molecule has 2 aliphatic rings.